The van der Waals surface area contributed by atoms with Gasteiger partial charge in [0.15, 0.2) is 5.16 Å². The fourth-order valence-corrected chi connectivity index (χ4v) is 5.80. The fourth-order valence-electron chi connectivity index (χ4n) is 2.95. The van der Waals surface area contributed by atoms with E-state index in [9.17, 15) is 9.59 Å². The zero-order valence-corrected chi connectivity index (χ0v) is 19.6. The quantitative estimate of drug-likeness (QED) is 0.292. The summed E-state index contributed by atoms with van der Waals surface area (Å²) >= 11 is 10.3. The Labute approximate surface area is 190 Å². The van der Waals surface area contributed by atoms with Gasteiger partial charge in [0.2, 0.25) is 5.91 Å². The first kappa shape index (κ1) is 21.1. The number of aryl methyl sites for hydroxylation is 1. The first-order valence-electron chi connectivity index (χ1n) is 9.11. The van der Waals surface area contributed by atoms with Crippen molar-refractivity contribution in [2.75, 3.05) is 5.32 Å². The first-order chi connectivity index (χ1) is 14.3. The topological polar surface area (TPSA) is 64.0 Å². The number of halogens is 1. The number of thiophene rings is 2. The highest BCUT2D eigenvalue weighted by molar-refractivity contribution is 8.00. The molecule has 0 spiro atoms. The van der Waals surface area contributed by atoms with Gasteiger partial charge in [0, 0.05) is 33.6 Å². The summed E-state index contributed by atoms with van der Waals surface area (Å²) in [6.45, 7) is 3.70. The Bertz CT molecular complexity index is 1300. The SMILES string of the molecule is Cc1ccc(Cl)cc1NC(=O)C(C)Sc1nc2scc(-c3cccs3)c2c(=O)n1C. The molecule has 0 saturated carbocycles. The molecule has 1 amide bonds. The molecule has 1 unspecified atom stereocenters. The first-order valence-corrected chi connectivity index (χ1v) is 12.1. The molecule has 0 fully saturated rings. The average molecular weight is 476 g/mol. The van der Waals surface area contributed by atoms with Crippen molar-refractivity contribution in [1.82, 2.24) is 9.55 Å². The van der Waals surface area contributed by atoms with Crippen LogP contribution in [0.4, 0.5) is 5.69 Å². The highest BCUT2D eigenvalue weighted by Gasteiger charge is 2.21. The summed E-state index contributed by atoms with van der Waals surface area (Å²) in [5.74, 6) is -0.176. The molecule has 4 aromatic rings. The van der Waals surface area contributed by atoms with Gasteiger partial charge in [0.05, 0.1) is 10.6 Å². The van der Waals surface area contributed by atoms with Crippen LogP contribution in [0.25, 0.3) is 20.7 Å². The van der Waals surface area contributed by atoms with E-state index < -0.39 is 5.25 Å². The maximum absolute atomic E-state index is 13.1. The van der Waals surface area contributed by atoms with E-state index in [-0.39, 0.29) is 11.5 Å². The van der Waals surface area contributed by atoms with Crippen molar-refractivity contribution in [1.29, 1.82) is 0 Å². The number of hydrogen-bond donors (Lipinski definition) is 1. The zero-order valence-electron chi connectivity index (χ0n) is 16.4. The fraction of sp³-hybridized carbons (Fsp3) is 0.190. The lowest BCUT2D eigenvalue weighted by molar-refractivity contribution is -0.115. The van der Waals surface area contributed by atoms with Gasteiger partial charge in [0.1, 0.15) is 4.83 Å². The minimum Gasteiger partial charge on any atom is -0.325 e. The third kappa shape index (κ3) is 4.05. The summed E-state index contributed by atoms with van der Waals surface area (Å²) in [6, 6.07) is 9.33. The molecule has 0 saturated heterocycles. The lowest BCUT2D eigenvalue weighted by Gasteiger charge is -2.15. The summed E-state index contributed by atoms with van der Waals surface area (Å²) in [5.41, 5.74) is 2.41. The Morgan fingerprint density at radius 3 is 2.83 bits per heavy atom. The number of fused-ring (bicyclic) bond motifs is 1. The molecule has 0 aliphatic rings. The molecule has 3 heterocycles. The molecule has 0 aliphatic carbocycles. The number of nitrogens with one attached hydrogen (secondary N) is 1. The number of amides is 1. The molecular formula is C21H18ClN3O2S3. The number of carbonyl (C=O) groups is 1. The molecule has 4 rings (SSSR count). The van der Waals surface area contributed by atoms with Crippen molar-refractivity contribution in [3.05, 3.63) is 62.0 Å². The van der Waals surface area contributed by atoms with E-state index in [4.69, 9.17) is 11.6 Å². The van der Waals surface area contributed by atoms with Gasteiger partial charge >= 0.3 is 0 Å². The lowest BCUT2D eigenvalue weighted by Crippen LogP contribution is -2.25. The third-order valence-corrected chi connectivity index (χ3v) is 7.82. The Kier molecular flexibility index (Phi) is 6.02. The summed E-state index contributed by atoms with van der Waals surface area (Å²) in [4.78, 5) is 32.2. The van der Waals surface area contributed by atoms with Crippen LogP contribution in [0, 0.1) is 6.92 Å². The van der Waals surface area contributed by atoms with Crippen LogP contribution in [0.2, 0.25) is 5.02 Å². The molecule has 1 N–H and O–H groups in total. The number of nitrogens with zero attached hydrogens (tertiary/aromatic N) is 2. The molecule has 3 aromatic heterocycles. The number of hydrogen-bond acceptors (Lipinski definition) is 6. The largest absolute Gasteiger partial charge is 0.325 e. The molecule has 5 nitrogen and oxygen atoms in total. The summed E-state index contributed by atoms with van der Waals surface area (Å²) in [5, 5.41) is 8.12. The van der Waals surface area contributed by atoms with E-state index in [1.54, 1.807) is 37.4 Å². The predicted molar refractivity (Wildman–Crippen MR) is 128 cm³/mol. The second kappa shape index (κ2) is 8.55. The third-order valence-electron chi connectivity index (χ3n) is 4.67. The maximum Gasteiger partial charge on any atom is 0.263 e. The van der Waals surface area contributed by atoms with Gasteiger partial charge in [-0.25, -0.2) is 4.98 Å². The van der Waals surface area contributed by atoms with E-state index in [0.717, 1.165) is 16.0 Å². The Morgan fingerprint density at radius 2 is 2.10 bits per heavy atom. The number of thioether (sulfide) groups is 1. The molecule has 0 radical (unpaired) electrons. The minimum atomic E-state index is -0.448. The predicted octanol–water partition coefficient (Wildman–Crippen LogP) is 5.80. The van der Waals surface area contributed by atoms with Crippen LogP contribution in [0.1, 0.15) is 12.5 Å². The Hall–Kier alpha value is -2.13. The number of rotatable bonds is 5. The second-order valence-corrected chi connectivity index (χ2v) is 10.3. The van der Waals surface area contributed by atoms with Crippen LogP contribution in [-0.2, 0) is 11.8 Å². The van der Waals surface area contributed by atoms with Crippen molar-refractivity contribution in [3.63, 3.8) is 0 Å². The number of carbonyl (C=O) groups excluding carboxylic acids is 1. The van der Waals surface area contributed by atoms with Crippen LogP contribution in [0.15, 0.2) is 51.0 Å². The summed E-state index contributed by atoms with van der Waals surface area (Å²) < 4.78 is 1.52. The zero-order chi connectivity index (χ0) is 21.4. The van der Waals surface area contributed by atoms with E-state index in [2.05, 4.69) is 10.3 Å². The minimum absolute atomic E-state index is 0.106. The molecule has 1 aromatic carbocycles. The van der Waals surface area contributed by atoms with Gasteiger partial charge in [-0.3, -0.25) is 14.2 Å². The van der Waals surface area contributed by atoms with Gasteiger partial charge in [-0.2, -0.15) is 0 Å². The lowest BCUT2D eigenvalue weighted by atomic mass is 10.2. The monoisotopic (exact) mass is 475 g/mol. The van der Waals surface area contributed by atoms with Gasteiger partial charge in [-0.15, -0.1) is 22.7 Å². The van der Waals surface area contributed by atoms with E-state index in [1.807, 2.05) is 35.9 Å². The Morgan fingerprint density at radius 1 is 1.30 bits per heavy atom. The van der Waals surface area contributed by atoms with Gasteiger partial charge in [-0.05, 0) is 43.0 Å². The average Bonchev–Trinajstić information content (AvgIpc) is 3.38. The molecule has 1 atom stereocenters. The van der Waals surface area contributed by atoms with Crippen LogP contribution < -0.4 is 10.9 Å². The van der Waals surface area contributed by atoms with Crippen molar-refractivity contribution < 1.29 is 4.79 Å². The van der Waals surface area contributed by atoms with Crippen LogP contribution in [0.5, 0.6) is 0 Å². The summed E-state index contributed by atoms with van der Waals surface area (Å²) in [6.07, 6.45) is 0. The molecule has 30 heavy (non-hydrogen) atoms. The van der Waals surface area contributed by atoms with Crippen LogP contribution >= 0.6 is 46.0 Å². The van der Waals surface area contributed by atoms with E-state index in [0.29, 0.717) is 26.1 Å². The van der Waals surface area contributed by atoms with Gasteiger partial charge in [0.25, 0.3) is 5.56 Å². The highest BCUT2D eigenvalue weighted by Crippen LogP contribution is 2.35. The van der Waals surface area contributed by atoms with Crippen molar-refractivity contribution in [2.24, 2.45) is 7.05 Å². The smallest absolute Gasteiger partial charge is 0.263 e. The number of anilines is 1. The second-order valence-electron chi connectivity index (χ2n) is 6.77. The molecule has 154 valence electrons. The Balaban J connectivity index is 1.60. The van der Waals surface area contributed by atoms with Crippen molar-refractivity contribution >= 4 is 67.8 Å². The van der Waals surface area contributed by atoms with Crippen molar-refractivity contribution in [3.8, 4) is 10.4 Å². The normalized spacial score (nSPS) is 12.3. The van der Waals surface area contributed by atoms with E-state index >= 15 is 0 Å². The maximum atomic E-state index is 13.1. The number of benzene rings is 1. The van der Waals surface area contributed by atoms with Crippen molar-refractivity contribution in [2.45, 2.75) is 24.3 Å². The molecule has 0 bridgehead atoms. The molecule has 0 aliphatic heterocycles. The van der Waals surface area contributed by atoms with Gasteiger partial charge in [-0.1, -0.05) is 35.5 Å². The van der Waals surface area contributed by atoms with Gasteiger partial charge < -0.3 is 5.32 Å². The van der Waals surface area contributed by atoms with E-state index in [1.165, 1.54) is 27.7 Å². The van der Waals surface area contributed by atoms with Crippen LogP contribution in [-0.4, -0.2) is 20.7 Å². The molecule has 9 heteroatoms. The molecular weight excluding hydrogens is 458 g/mol. The highest BCUT2D eigenvalue weighted by atomic mass is 35.5. The summed E-state index contributed by atoms with van der Waals surface area (Å²) in [7, 11) is 1.69. The number of aromatic nitrogens is 2. The van der Waals surface area contributed by atoms with Crippen LogP contribution in [0.3, 0.4) is 0 Å². The standard InChI is InChI=1S/C21H18ClN3O2S3/c1-11-6-7-13(22)9-15(11)23-18(26)12(2)30-21-24-19-17(20(27)25(21)3)14(10-29-19)16-5-4-8-28-16/h4-10,12H,1-3H3,(H,23,26).